The van der Waals surface area contributed by atoms with Crippen molar-refractivity contribution in [2.45, 2.75) is 155 Å². The SMILES string of the molecule is CCCCCCCCCCCCCCCCCCn1ccnc1C1CCCC(C)C1. The maximum absolute atomic E-state index is 4.73. The lowest BCUT2D eigenvalue weighted by molar-refractivity contribution is 0.328. The minimum atomic E-state index is 0.713. The molecule has 0 spiro atoms. The number of unbranched alkanes of at least 4 members (excludes halogenated alkanes) is 15. The summed E-state index contributed by atoms with van der Waals surface area (Å²) in [6.45, 7) is 5.89. The third-order valence-corrected chi connectivity index (χ3v) is 7.30. The van der Waals surface area contributed by atoms with Crippen molar-refractivity contribution in [2.24, 2.45) is 5.92 Å². The molecule has 2 atom stereocenters. The Kier molecular flexibility index (Phi) is 14.3. The molecule has 0 bridgehead atoms. The maximum Gasteiger partial charge on any atom is 0.111 e. The quantitative estimate of drug-likeness (QED) is 0.218. The highest BCUT2D eigenvalue weighted by atomic mass is 15.1. The fraction of sp³-hybridized carbons (Fsp3) is 0.893. The van der Waals surface area contributed by atoms with Gasteiger partial charge in [0.2, 0.25) is 0 Å². The Labute approximate surface area is 188 Å². The predicted octanol–water partition coefficient (Wildman–Crippen LogP) is 9.44. The first kappa shape index (κ1) is 25.5. The summed E-state index contributed by atoms with van der Waals surface area (Å²) in [5.41, 5.74) is 0. The molecule has 30 heavy (non-hydrogen) atoms. The summed E-state index contributed by atoms with van der Waals surface area (Å²) in [6, 6.07) is 0. The van der Waals surface area contributed by atoms with Crippen molar-refractivity contribution in [1.82, 2.24) is 9.55 Å². The summed E-state index contributed by atoms with van der Waals surface area (Å²) in [7, 11) is 0. The van der Waals surface area contributed by atoms with E-state index in [0.717, 1.165) is 5.92 Å². The highest BCUT2D eigenvalue weighted by molar-refractivity contribution is 5.02. The van der Waals surface area contributed by atoms with Crippen LogP contribution in [0.2, 0.25) is 0 Å². The van der Waals surface area contributed by atoms with Crippen molar-refractivity contribution in [3.05, 3.63) is 18.2 Å². The van der Waals surface area contributed by atoms with Crippen molar-refractivity contribution in [2.75, 3.05) is 0 Å². The number of rotatable bonds is 18. The molecule has 174 valence electrons. The smallest absolute Gasteiger partial charge is 0.111 e. The average molecular weight is 417 g/mol. The molecule has 2 nitrogen and oxygen atoms in total. The second-order valence-electron chi connectivity index (χ2n) is 10.3. The van der Waals surface area contributed by atoms with E-state index in [2.05, 4.69) is 24.6 Å². The summed E-state index contributed by atoms with van der Waals surface area (Å²) in [5.74, 6) is 2.97. The maximum atomic E-state index is 4.73. The van der Waals surface area contributed by atoms with Crippen LogP contribution in [0.3, 0.4) is 0 Å². The second kappa shape index (κ2) is 16.8. The van der Waals surface area contributed by atoms with E-state index in [0.29, 0.717) is 5.92 Å². The highest BCUT2D eigenvalue weighted by Crippen LogP contribution is 2.35. The average Bonchev–Trinajstić information content (AvgIpc) is 3.22. The van der Waals surface area contributed by atoms with Crippen molar-refractivity contribution in [3.63, 3.8) is 0 Å². The molecule has 0 N–H and O–H groups in total. The number of nitrogens with zero attached hydrogens (tertiary/aromatic N) is 2. The molecule has 1 heterocycles. The van der Waals surface area contributed by atoms with E-state index < -0.39 is 0 Å². The van der Waals surface area contributed by atoms with Crippen molar-refractivity contribution < 1.29 is 0 Å². The van der Waals surface area contributed by atoms with Gasteiger partial charge in [0, 0.05) is 24.9 Å². The first-order valence-corrected chi connectivity index (χ1v) is 13.8. The molecule has 0 aromatic carbocycles. The lowest BCUT2D eigenvalue weighted by Gasteiger charge is -2.26. The number of hydrogen-bond acceptors (Lipinski definition) is 1. The van der Waals surface area contributed by atoms with Gasteiger partial charge < -0.3 is 4.57 Å². The van der Waals surface area contributed by atoms with Crippen LogP contribution in [0.1, 0.15) is 154 Å². The van der Waals surface area contributed by atoms with Gasteiger partial charge in [0.1, 0.15) is 5.82 Å². The molecule has 1 fully saturated rings. The zero-order valence-electron chi connectivity index (χ0n) is 20.6. The van der Waals surface area contributed by atoms with Crippen LogP contribution in [0.4, 0.5) is 0 Å². The third kappa shape index (κ3) is 11.0. The van der Waals surface area contributed by atoms with E-state index in [1.807, 2.05) is 6.20 Å². The molecule has 2 unspecified atom stereocenters. The van der Waals surface area contributed by atoms with E-state index >= 15 is 0 Å². The molecular weight excluding hydrogens is 364 g/mol. The number of hydrogen-bond donors (Lipinski definition) is 0. The Morgan fingerprint density at radius 3 is 1.83 bits per heavy atom. The van der Waals surface area contributed by atoms with Gasteiger partial charge in [0.25, 0.3) is 0 Å². The third-order valence-electron chi connectivity index (χ3n) is 7.30. The second-order valence-corrected chi connectivity index (χ2v) is 10.3. The first-order chi connectivity index (χ1) is 14.8. The van der Waals surface area contributed by atoms with Crippen molar-refractivity contribution >= 4 is 0 Å². The van der Waals surface area contributed by atoms with Crippen LogP contribution >= 0.6 is 0 Å². The lowest BCUT2D eigenvalue weighted by atomic mass is 9.82. The summed E-state index contributed by atoms with van der Waals surface area (Å²) < 4.78 is 2.46. The van der Waals surface area contributed by atoms with E-state index in [-0.39, 0.29) is 0 Å². The minimum absolute atomic E-state index is 0.713. The molecule has 0 aliphatic heterocycles. The van der Waals surface area contributed by atoms with E-state index in [4.69, 9.17) is 4.98 Å². The van der Waals surface area contributed by atoms with Gasteiger partial charge in [-0.15, -0.1) is 0 Å². The van der Waals surface area contributed by atoms with Crippen LogP contribution in [-0.4, -0.2) is 9.55 Å². The van der Waals surface area contributed by atoms with Gasteiger partial charge in [-0.25, -0.2) is 4.98 Å². The van der Waals surface area contributed by atoms with Crippen LogP contribution in [0.5, 0.6) is 0 Å². The topological polar surface area (TPSA) is 17.8 Å². The van der Waals surface area contributed by atoms with Gasteiger partial charge in [-0.1, -0.05) is 123 Å². The van der Waals surface area contributed by atoms with Gasteiger partial charge in [-0.2, -0.15) is 0 Å². The molecule has 1 aromatic rings. The summed E-state index contributed by atoms with van der Waals surface area (Å²) in [5, 5.41) is 0. The summed E-state index contributed by atoms with van der Waals surface area (Å²) in [6.07, 6.45) is 32.8. The summed E-state index contributed by atoms with van der Waals surface area (Å²) in [4.78, 5) is 4.73. The Bertz CT molecular complexity index is 506. The first-order valence-electron chi connectivity index (χ1n) is 13.8. The Morgan fingerprint density at radius 2 is 1.30 bits per heavy atom. The van der Waals surface area contributed by atoms with E-state index in [1.165, 1.54) is 141 Å². The fourth-order valence-corrected chi connectivity index (χ4v) is 5.37. The number of aromatic nitrogens is 2. The molecular formula is C28H52N2. The molecule has 1 saturated carbocycles. The van der Waals surface area contributed by atoms with Crippen molar-refractivity contribution in [3.8, 4) is 0 Å². The Balaban J connectivity index is 1.38. The fourth-order valence-electron chi connectivity index (χ4n) is 5.37. The van der Waals surface area contributed by atoms with Crippen LogP contribution in [0.15, 0.2) is 12.4 Å². The Morgan fingerprint density at radius 1 is 0.767 bits per heavy atom. The normalized spacial score (nSPS) is 19.4. The van der Waals surface area contributed by atoms with E-state index in [1.54, 1.807) is 0 Å². The lowest BCUT2D eigenvalue weighted by Crippen LogP contribution is -2.16. The molecule has 1 aliphatic carbocycles. The number of aryl methyl sites for hydroxylation is 1. The zero-order chi connectivity index (χ0) is 21.3. The Hall–Kier alpha value is -0.790. The molecule has 0 radical (unpaired) electrons. The van der Waals surface area contributed by atoms with Gasteiger partial charge in [-0.3, -0.25) is 0 Å². The van der Waals surface area contributed by atoms with Crippen molar-refractivity contribution in [1.29, 1.82) is 0 Å². The monoisotopic (exact) mass is 416 g/mol. The standard InChI is InChI=1S/C28H52N2/c1-3-4-5-6-7-8-9-10-11-12-13-14-15-16-17-18-23-30-24-22-29-28(30)27-21-19-20-26(2)25-27/h22,24,26-27H,3-21,23,25H2,1-2H3. The number of imidazole rings is 1. The van der Waals surface area contributed by atoms with E-state index in [9.17, 15) is 0 Å². The molecule has 2 heteroatoms. The van der Waals surface area contributed by atoms with Gasteiger partial charge >= 0.3 is 0 Å². The largest absolute Gasteiger partial charge is 0.335 e. The molecule has 2 rings (SSSR count). The van der Waals surface area contributed by atoms with Crippen LogP contribution in [-0.2, 0) is 6.54 Å². The molecule has 1 aromatic heterocycles. The molecule has 1 aliphatic rings. The molecule has 0 saturated heterocycles. The van der Waals surface area contributed by atoms with Crippen LogP contribution < -0.4 is 0 Å². The predicted molar refractivity (Wildman–Crippen MR) is 132 cm³/mol. The van der Waals surface area contributed by atoms with Gasteiger partial charge in [-0.05, 0) is 25.2 Å². The van der Waals surface area contributed by atoms with Crippen LogP contribution in [0, 0.1) is 5.92 Å². The summed E-state index contributed by atoms with van der Waals surface area (Å²) >= 11 is 0. The zero-order valence-corrected chi connectivity index (χ0v) is 20.6. The van der Waals surface area contributed by atoms with Crippen LogP contribution in [0.25, 0.3) is 0 Å². The van der Waals surface area contributed by atoms with Gasteiger partial charge in [0.05, 0.1) is 0 Å². The minimum Gasteiger partial charge on any atom is -0.335 e. The highest BCUT2D eigenvalue weighted by Gasteiger charge is 2.23. The van der Waals surface area contributed by atoms with Gasteiger partial charge in [0.15, 0.2) is 0 Å². The molecule has 0 amide bonds.